The fourth-order valence-corrected chi connectivity index (χ4v) is 3.39. The summed E-state index contributed by atoms with van der Waals surface area (Å²) < 4.78 is 32.2. The molecule has 7 heteroatoms. The van der Waals surface area contributed by atoms with Crippen molar-refractivity contribution in [3.05, 3.63) is 95.2 Å². The van der Waals surface area contributed by atoms with Crippen LogP contribution in [0.4, 0.5) is 20.2 Å². The van der Waals surface area contributed by atoms with Crippen molar-refractivity contribution in [3.8, 4) is 5.75 Å². The fraction of sp³-hybridized carbons (Fsp3) is 0.0833. The van der Waals surface area contributed by atoms with Crippen LogP contribution >= 0.6 is 0 Å². The van der Waals surface area contributed by atoms with Gasteiger partial charge in [0.25, 0.3) is 11.8 Å². The molecule has 0 saturated carbocycles. The summed E-state index contributed by atoms with van der Waals surface area (Å²) in [7, 11) is 1.52. The number of hydrogen-bond acceptors (Lipinski definition) is 4. The van der Waals surface area contributed by atoms with Crippen molar-refractivity contribution < 1.29 is 23.1 Å². The molecule has 1 heterocycles. The molecule has 3 aromatic rings. The molecule has 156 valence electrons. The van der Waals surface area contributed by atoms with Gasteiger partial charge in [0.2, 0.25) is 0 Å². The molecule has 0 fully saturated rings. The van der Waals surface area contributed by atoms with Gasteiger partial charge >= 0.3 is 0 Å². The third kappa shape index (κ3) is 3.77. The monoisotopic (exact) mass is 420 g/mol. The van der Waals surface area contributed by atoms with Crippen LogP contribution in [0.1, 0.15) is 11.1 Å². The van der Waals surface area contributed by atoms with Crippen molar-refractivity contribution in [2.45, 2.75) is 6.92 Å². The zero-order chi connectivity index (χ0) is 22.1. The van der Waals surface area contributed by atoms with E-state index in [0.29, 0.717) is 17.0 Å². The van der Waals surface area contributed by atoms with Crippen LogP contribution in [0.3, 0.4) is 0 Å². The number of aryl methyl sites for hydroxylation is 1. The lowest BCUT2D eigenvalue weighted by Gasteiger charge is -2.16. The molecule has 0 aliphatic carbocycles. The first kappa shape index (κ1) is 20.3. The molecule has 0 radical (unpaired) electrons. The summed E-state index contributed by atoms with van der Waals surface area (Å²) in [5, 5.41) is 2.81. The minimum absolute atomic E-state index is 0.0253. The summed E-state index contributed by atoms with van der Waals surface area (Å²) in [4.78, 5) is 27.7. The van der Waals surface area contributed by atoms with Crippen molar-refractivity contribution in [2.75, 3.05) is 17.3 Å². The molecule has 0 bridgehead atoms. The van der Waals surface area contributed by atoms with Crippen LogP contribution in [0.2, 0.25) is 0 Å². The number of nitrogens with one attached hydrogen (secondary N) is 1. The van der Waals surface area contributed by atoms with E-state index >= 15 is 0 Å². The van der Waals surface area contributed by atoms with E-state index in [9.17, 15) is 18.4 Å². The minimum Gasteiger partial charge on any atom is -0.497 e. The van der Waals surface area contributed by atoms with E-state index in [2.05, 4.69) is 5.32 Å². The standard InChI is InChI=1S/C24H18F2N2O3/c1-14-4-3-5-17(12-14)28-23(29)21(15-6-9-18(31-2)10-7-15)22(24(28)30)27-16-8-11-19(25)20(26)13-16/h3-13,27H,1-2H3. The average molecular weight is 420 g/mol. The number of carbonyl (C=O) groups excluding carboxylic acids is 2. The highest BCUT2D eigenvalue weighted by Crippen LogP contribution is 2.34. The molecule has 1 aliphatic rings. The van der Waals surface area contributed by atoms with Crippen LogP contribution < -0.4 is 15.0 Å². The lowest BCUT2D eigenvalue weighted by molar-refractivity contribution is -0.120. The quantitative estimate of drug-likeness (QED) is 0.609. The van der Waals surface area contributed by atoms with Crippen molar-refractivity contribution in [3.63, 3.8) is 0 Å². The second-order valence-corrected chi connectivity index (χ2v) is 7.02. The molecule has 2 amide bonds. The number of hydrogen-bond donors (Lipinski definition) is 1. The molecule has 1 aliphatic heterocycles. The molecule has 0 spiro atoms. The van der Waals surface area contributed by atoms with Crippen LogP contribution in [0.5, 0.6) is 5.75 Å². The normalized spacial score (nSPS) is 13.7. The van der Waals surface area contributed by atoms with Gasteiger partial charge in [0.05, 0.1) is 18.4 Å². The Morgan fingerprint density at radius 2 is 1.61 bits per heavy atom. The van der Waals surface area contributed by atoms with Crippen molar-refractivity contribution in [2.24, 2.45) is 0 Å². The Labute approximate surface area is 177 Å². The van der Waals surface area contributed by atoms with Gasteiger partial charge in [0.1, 0.15) is 11.4 Å². The Balaban J connectivity index is 1.82. The van der Waals surface area contributed by atoms with Gasteiger partial charge in [0, 0.05) is 11.8 Å². The highest BCUT2D eigenvalue weighted by Gasteiger charge is 2.40. The Morgan fingerprint density at radius 3 is 2.26 bits per heavy atom. The summed E-state index contributed by atoms with van der Waals surface area (Å²) in [6, 6.07) is 16.8. The molecular formula is C24H18F2N2O3. The zero-order valence-electron chi connectivity index (χ0n) is 16.8. The second-order valence-electron chi connectivity index (χ2n) is 7.02. The first-order valence-corrected chi connectivity index (χ1v) is 9.45. The smallest absolute Gasteiger partial charge is 0.282 e. The summed E-state index contributed by atoms with van der Waals surface area (Å²) in [6.07, 6.45) is 0. The third-order valence-electron chi connectivity index (χ3n) is 4.91. The van der Waals surface area contributed by atoms with E-state index in [-0.39, 0.29) is 17.0 Å². The van der Waals surface area contributed by atoms with E-state index < -0.39 is 23.4 Å². The van der Waals surface area contributed by atoms with Gasteiger partial charge < -0.3 is 10.1 Å². The van der Waals surface area contributed by atoms with E-state index in [1.165, 1.54) is 13.2 Å². The molecule has 3 aromatic carbocycles. The van der Waals surface area contributed by atoms with Gasteiger partial charge in [0.15, 0.2) is 11.6 Å². The number of methoxy groups -OCH3 is 1. The Hall–Kier alpha value is -4.00. The molecule has 5 nitrogen and oxygen atoms in total. The first-order valence-electron chi connectivity index (χ1n) is 9.45. The molecule has 4 rings (SSSR count). The number of imide groups is 1. The second kappa shape index (κ2) is 8.02. The molecule has 0 aromatic heterocycles. The SMILES string of the molecule is COc1ccc(C2=C(Nc3ccc(F)c(F)c3)C(=O)N(c3cccc(C)c3)C2=O)cc1. The van der Waals surface area contributed by atoms with E-state index in [0.717, 1.165) is 22.6 Å². The number of halogens is 2. The maximum atomic E-state index is 13.7. The Bertz CT molecular complexity index is 1220. The molecule has 1 N–H and O–H groups in total. The van der Waals surface area contributed by atoms with Crippen molar-refractivity contribution in [1.82, 2.24) is 0 Å². The molecule has 0 saturated heterocycles. The topological polar surface area (TPSA) is 58.6 Å². The number of ether oxygens (including phenoxy) is 1. The number of benzene rings is 3. The van der Waals surface area contributed by atoms with Crippen LogP contribution in [0.15, 0.2) is 72.4 Å². The van der Waals surface area contributed by atoms with Crippen molar-refractivity contribution >= 4 is 28.8 Å². The van der Waals surface area contributed by atoms with Gasteiger partial charge in [-0.15, -0.1) is 0 Å². The average Bonchev–Trinajstić information content (AvgIpc) is 3.00. The summed E-state index contributed by atoms with van der Waals surface area (Å²) >= 11 is 0. The van der Waals surface area contributed by atoms with Crippen LogP contribution in [-0.4, -0.2) is 18.9 Å². The van der Waals surface area contributed by atoms with Crippen LogP contribution in [0.25, 0.3) is 5.57 Å². The number of anilines is 2. The third-order valence-corrected chi connectivity index (χ3v) is 4.91. The lowest BCUT2D eigenvalue weighted by atomic mass is 10.0. The van der Waals surface area contributed by atoms with Gasteiger partial charge in [-0.2, -0.15) is 0 Å². The maximum Gasteiger partial charge on any atom is 0.282 e. The van der Waals surface area contributed by atoms with Gasteiger partial charge in [-0.05, 0) is 54.4 Å². The summed E-state index contributed by atoms with van der Waals surface area (Å²) in [5.74, 6) is -2.60. The molecular weight excluding hydrogens is 402 g/mol. The minimum atomic E-state index is -1.07. The summed E-state index contributed by atoms with van der Waals surface area (Å²) in [6.45, 7) is 1.85. The number of rotatable bonds is 5. The summed E-state index contributed by atoms with van der Waals surface area (Å²) in [5.41, 5.74) is 2.03. The number of nitrogens with zero attached hydrogens (tertiary/aromatic N) is 1. The Kier molecular flexibility index (Phi) is 5.25. The van der Waals surface area contributed by atoms with E-state index in [4.69, 9.17) is 4.74 Å². The zero-order valence-corrected chi connectivity index (χ0v) is 16.8. The highest BCUT2D eigenvalue weighted by molar-refractivity contribution is 6.46. The predicted octanol–water partition coefficient (Wildman–Crippen LogP) is 4.68. The molecule has 0 unspecified atom stereocenters. The van der Waals surface area contributed by atoms with Gasteiger partial charge in [-0.25, -0.2) is 13.7 Å². The van der Waals surface area contributed by atoms with Crippen molar-refractivity contribution in [1.29, 1.82) is 0 Å². The van der Waals surface area contributed by atoms with Crippen LogP contribution in [0, 0.1) is 18.6 Å². The van der Waals surface area contributed by atoms with E-state index in [1.807, 2.05) is 13.0 Å². The van der Waals surface area contributed by atoms with Gasteiger partial charge in [-0.1, -0.05) is 24.3 Å². The highest BCUT2D eigenvalue weighted by atomic mass is 19.2. The predicted molar refractivity (Wildman–Crippen MR) is 114 cm³/mol. The molecule has 0 atom stereocenters. The molecule has 31 heavy (non-hydrogen) atoms. The largest absolute Gasteiger partial charge is 0.497 e. The fourth-order valence-electron chi connectivity index (χ4n) is 3.39. The first-order chi connectivity index (χ1) is 14.9. The van der Waals surface area contributed by atoms with Gasteiger partial charge in [-0.3, -0.25) is 9.59 Å². The number of carbonyl (C=O) groups is 2. The van der Waals surface area contributed by atoms with Crippen LogP contribution in [-0.2, 0) is 9.59 Å². The maximum absolute atomic E-state index is 13.7. The number of amides is 2. The van der Waals surface area contributed by atoms with E-state index in [1.54, 1.807) is 42.5 Å². The Morgan fingerprint density at radius 1 is 0.871 bits per heavy atom. The lowest BCUT2D eigenvalue weighted by Crippen LogP contribution is -2.32.